The van der Waals surface area contributed by atoms with E-state index in [0.29, 0.717) is 18.3 Å². The fraction of sp³-hybridized carbons (Fsp3) is 0.333. The molecule has 4 nitrogen and oxygen atoms in total. The highest BCUT2D eigenvalue weighted by atomic mass is 15.4. The summed E-state index contributed by atoms with van der Waals surface area (Å²) in [4.78, 5) is 4.43. The van der Waals surface area contributed by atoms with Crippen LogP contribution in [0.5, 0.6) is 0 Å². The molecular weight excluding hydrogens is 200 g/mol. The van der Waals surface area contributed by atoms with Crippen LogP contribution in [0.2, 0.25) is 0 Å². The van der Waals surface area contributed by atoms with Gasteiger partial charge in [-0.15, -0.1) is 5.10 Å². The Bertz CT molecular complexity index is 459. The maximum atomic E-state index is 5.57. The highest BCUT2D eigenvalue weighted by Gasteiger charge is 2.13. The molecular formula is C12H16N4. The van der Waals surface area contributed by atoms with Crippen LogP contribution in [0.3, 0.4) is 0 Å². The third-order valence-electron chi connectivity index (χ3n) is 2.38. The van der Waals surface area contributed by atoms with Gasteiger partial charge in [-0.25, -0.2) is 9.67 Å². The zero-order chi connectivity index (χ0) is 11.5. The van der Waals surface area contributed by atoms with Crippen molar-refractivity contribution >= 4 is 0 Å². The molecule has 0 aliphatic carbocycles. The van der Waals surface area contributed by atoms with Crippen molar-refractivity contribution in [3.05, 3.63) is 42.0 Å². The molecule has 16 heavy (non-hydrogen) atoms. The molecule has 1 heterocycles. The third-order valence-corrected chi connectivity index (χ3v) is 2.38. The van der Waals surface area contributed by atoms with Crippen molar-refractivity contribution in [1.82, 2.24) is 14.8 Å². The molecule has 0 radical (unpaired) electrons. The van der Waals surface area contributed by atoms with E-state index in [-0.39, 0.29) is 0 Å². The van der Waals surface area contributed by atoms with Crippen LogP contribution in [-0.2, 0) is 6.54 Å². The fourth-order valence-electron chi connectivity index (χ4n) is 1.59. The summed E-state index contributed by atoms with van der Waals surface area (Å²) in [6.45, 7) is 4.58. The van der Waals surface area contributed by atoms with E-state index in [9.17, 15) is 0 Å². The monoisotopic (exact) mass is 216 g/mol. The van der Waals surface area contributed by atoms with Gasteiger partial charge in [0.05, 0.1) is 12.2 Å². The van der Waals surface area contributed by atoms with Crippen molar-refractivity contribution in [3.63, 3.8) is 0 Å². The van der Waals surface area contributed by atoms with E-state index in [1.54, 1.807) is 0 Å². The normalized spacial score (nSPS) is 11.0. The van der Waals surface area contributed by atoms with Crippen LogP contribution in [-0.4, -0.2) is 14.8 Å². The minimum atomic E-state index is 0.327. The van der Waals surface area contributed by atoms with E-state index in [4.69, 9.17) is 5.73 Å². The first-order valence-electron chi connectivity index (χ1n) is 5.43. The molecule has 1 aromatic heterocycles. The highest BCUT2D eigenvalue weighted by Crippen LogP contribution is 2.16. The van der Waals surface area contributed by atoms with E-state index in [1.165, 1.54) is 0 Å². The largest absolute Gasteiger partial charge is 0.324 e. The first-order valence-corrected chi connectivity index (χ1v) is 5.43. The molecule has 0 spiro atoms. The lowest BCUT2D eigenvalue weighted by Gasteiger charge is -2.07. The van der Waals surface area contributed by atoms with E-state index < -0.39 is 0 Å². The molecule has 2 rings (SSSR count). The van der Waals surface area contributed by atoms with Crippen LogP contribution in [0, 0.1) is 0 Å². The number of hydrogen-bond acceptors (Lipinski definition) is 3. The second-order valence-electron chi connectivity index (χ2n) is 3.99. The minimum Gasteiger partial charge on any atom is -0.324 e. The van der Waals surface area contributed by atoms with Crippen LogP contribution in [0.1, 0.15) is 31.4 Å². The Morgan fingerprint density at radius 2 is 1.94 bits per heavy atom. The Hall–Kier alpha value is -1.68. The molecule has 0 aliphatic heterocycles. The number of aromatic nitrogens is 3. The van der Waals surface area contributed by atoms with Crippen molar-refractivity contribution in [2.75, 3.05) is 0 Å². The third kappa shape index (κ3) is 1.97. The molecule has 0 aliphatic rings. The van der Waals surface area contributed by atoms with Gasteiger partial charge in [0.2, 0.25) is 0 Å². The van der Waals surface area contributed by atoms with Crippen molar-refractivity contribution in [2.24, 2.45) is 5.73 Å². The molecule has 0 unspecified atom stereocenters. The SMILES string of the molecule is CC(C)c1nc(CN)nn1-c1ccccc1. The molecule has 84 valence electrons. The summed E-state index contributed by atoms with van der Waals surface area (Å²) in [6, 6.07) is 9.99. The van der Waals surface area contributed by atoms with Crippen LogP contribution < -0.4 is 5.73 Å². The van der Waals surface area contributed by atoms with Crippen LogP contribution in [0.15, 0.2) is 30.3 Å². The number of nitrogens with zero attached hydrogens (tertiary/aromatic N) is 3. The van der Waals surface area contributed by atoms with Crippen LogP contribution in [0.25, 0.3) is 5.69 Å². The Balaban J connectivity index is 2.51. The Kier molecular flexibility index (Phi) is 3.01. The first-order chi connectivity index (χ1) is 7.72. The quantitative estimate of drug-likeness (QED) is 0.851. The van der Waals surface area contributed by atoms with Gasteiger partial charge in [0, 0.05) is 5.92 Å². The molecule has 2 N–H and O–H groups in total. The molecule has 0 saturated heterocycles. The number of benzene rings is 1. The fourth-order valence-corrected chi connectivity index (χ4v) is 1.59. The van der Waals surface area contributed by atoms with Gasteiger partial charge in [-0.05, 0) is 12.1 Å². The molecule has 2 aromatic rings. The van der Waals surface area contributed by atoms with E-state index in [2.05, 4.69) is 23.9 Å². The molecule has 0 bridgehead atoms. The van der Waals surface area contributed by atoms with Gasteiger partial charge in [0.1, 0.15) is 5.82 Å². The lowest BCUT2D eigenvalue weighted by atomic mass is 10.2. The first kappa shape index (κ1) is 10.8. The van der Waals surface area contributed by atoms with Gasteiger partial charge in [0.15, 0.2) is 5.82 Å². The minimum absolute atomic E-state index is 0.327. The number of rotatable bonds is 3. The van der Waals surface area contributed by atoms with E-state index in [0.717, 1.165) is 11.5 Å². The summed E-state index contributed by atoms with van der Waals surface area (Å²) in [5.41, 5.74) is 6.60. The summed E-state index contributed by atoms with van der Waals surface area (Å²) < 4.78 is 1.87. The molecule has 0 saturated carbocycles. The van der Waals surface area contributed by atoms with E-state index in [1.807, 2.05) is 35.0 Å². The summed E-state index contributed by atoms with van der Waals surface area (Å²) in [5, 5.41) is 4.40. The molecule has 4 heteroatoms. The number of nitrogens with two attached hydrogens (primary N) is 1. The van der Waals surface area contributed by atoms with Gasteiger partial charge >= 0.3 is 0 Å². The molecule has 0 amide bonds. The smallest absolute Gasteiger partial charge is 0.164 e. The van der Waals surface area contributed by atoms with Crippen molar-refractivity contribution in [1.29, 1.82) is 0 Å². The highest BCUT2D eigenvalue weighted by molar-refractivity contribution is 5.31. The molecule has 0 fully saturated rings. The Morgan fingerprint density at radius 3 is 2.50 bits per heavy atom. The van der Waals surface area contributed by atoms with Crippen LogP contribution >= 0.6 is 0 Å². The van der Waals surface area contributed by atoms with Gasteiger partial charge in [-0.3, -0.25) is 0 Å². The van der Waals surface area contributed by atoms with Gasteiger partial charge in [-0.2, -0.15) is 0 Å². The van der Waals surface area contributed by atoms with Gasteiger partial charge in [0.25, 0.3) is 0 Å². The van der Waals surface area contributed by atoms with Crippen molar-refractivity contribution < 1.29 is 0 Å². The maximum Gasteiger partial charge on any atom is 0.164 e. The number of para-hydroxylation sites is 1. The van der Waals surface area contributed by atoms with E-state index >= 15 is 0 Å². The zero-order valence-electron chi connectivity index (χ0n) is 9.59. The molecule has 0 atom stereocenters. The van der Waals surface area contributed by atoms with Crippen molar-refractivity contribution in [2.45, 2.75) is 26.3 Å². The zero-order valence-corrected chi connectivity index (χ0v) is 9.59. The van der Waals surface area contributed by atoms with Crippen molar-refractivity contribution in [3.8, 4) is 5.69 Å². The summed E-state index contributed by atoms with van der Waals surface area (Å²) in [5.74, 6) is 1.97. The predicted octanol–water partition coefficient (Wildman–Crippen LogP) is 1.85. The second-order valence-corrected chi connectivity index (χ2v) is 3.99. The average molecular weight is 216 g/mol. The summed E-state index contributed by atoms with van der Waals surface area (Å²) >= 11 is 0. The maximum absolute atomic E-state index is 5.57. The summed E-state index contributed by atoms with van der Waals surface area (Å²) in [6.07, 6.45) is 0. The van der Waals surface area contributed by atoms with Gasteiger partial charge in [-0.1, -0.05) is 32.0 Å². The Labute approximate surface area is 95.1 Å². The Morgan fingerprint density at radius 1 is 1.25 bits per heavy atom. The molecule has 1 aromatic carbocycles. The second kappa shape index (κ2) is 4.45. The predicted molar refractivity (Wildman–Crippen MR) is 63.3 cm³/mol. The number of hydrogen-bond donors (Lipinski definition) is 1. The topological polar surface area (TPSA) is 56.7 Å². The lowest BCUT2D eigenvalue weighted by molar-refractivity contribution is 0.713. The standard InChI is InChI=1S/C12H16N4/c1-9(2)12-14-11(8-13)15-16(12)10-6-4-3-5-7-10/h3-7,9H,8,13H2,1-2H3. The summed E-state index contributed by atoms with van der Waals surface area (Å²) in [7, 11) is 0. The average Bonchev–Trinajstić information content (AvgIpc) is 2.74. The van der Waals surface area contributed by atoms with Crippen LogP contribution in [0.4, 0.5) is 0 Å². The van der Waals surface area contributed by atoms with Gasteiger partial charge < -0.3 is 5.73 Å². The lowest BCUT2D eigenvalue weighted by Crippen LogP contribution is -2.04.